The van der Waals surface area contributed by atoms with Gasteiger partial charge in [0.05, 0.1) is 5.69 Å². The molecule has 26 heavy (non-hydrogen) atoms. The highest BCUT2D eigenvalue weighted by Gasteiger charge is 2.18. The van der Waals surface area contributed by atoms with E-state index in [0.717, 1.165) is 33.4 Å². The van der Waals surface area contributed by atoms with Crippen molar-refractivity contribution in [1.82, 2.24) is 15.0 Å². The first-order valence-electron chi connectivity index (χ1n) is 8.12. The molecule has 0 fully saturated rings. The molecule has 0 bridgehead atoms. The molecule has 7 heteroatoms. The summed E-state index contributed by atoms with van der Waals surface area (Å²) >= 11 is 0. The Morgan fingerprint density at radius 3 is 2.85 bits per heavy atom. The predicted molar refractivity (Wildman–Crippen MR) is 101 cm³/mol. The van der Waals surface area contributed by atoms with Crippen LogP contribution < -0.4 is 5.73 Å². The fourth-order valence-corrected chi connectivity index (χ4v) is 3.15. The average Bonchev–Trinajstić information content (AvgIpc) is 3.29. The van der Waals surface area contributed by atoms with Gasteiger partial charge in [0, 0.05) is 40.2 Å². The first-order chi connectivity index (χ1) is 12.6. The van der Waals surface area contributed by atoms with Crippen LogP contribution in [-0.4, -0.2) is 20.1 Å². The van der Waals surface area contributed by atoms with Crippen molar-refractivity contribution < 1.29 is 5.11 Å². The predicted octanol–water partition coefficient (Wildman–Crippen LogP) is 3.88. The zero-order valence-electron chi connectivity index (χ0n) is 14.0. The van der Waals surface area contributed by atoms with Gasteiger partial charge < -0.3 is 20.8 Å². The van der Waals surface area contributed by atoms with E-state index in [0.29, 0.717) is 16.9 Å². The largest absolute Gasteiger partial charge is 0.374 e. The number of nitroso groups, excluding NO2 is 1. The summed E-state index contributed by atoms with van der Waals surface area (Å²) in [6.07, 6.45) is 2.38. The summed E-state index contributed by atoms with van der Waals surface area (Å²) in [5.41, 5.74) is 11.3. The standard InChI is InChI=1S/C19H17N5O2/c1-10-2-3-11(8-15(10)24-26)17-14(18(20)25)9-16(23-17)12-4-6-21-19-13(12)5-7-22-19/h2-9,18,23,25H,20H2,1H3,(H,21,22). The van der Waals surface area contributed by atoms with Crippen LogP contribution in [0.25, 0.3) is 33.5 Å². The molecular formula is C19H17N5O2. The van der Waals surface area contributed by atoms with Crippen LogP contribution in [0.5, 0.6) is 0 Å². The minimum absolute atomic E-state index is 0.355. The molecule has 130 valence electrons. The Labute approximate surface area is 148 Å². The number of aliphatic hydroxyl groups is 1. The molecule has 0 aliphatic heterocycles. The molecule has 0 aliphatic carbocycles. The quantitative estimate of drug-likeness (QED) is 0.331. The number of H-pyrrole nitrogens is 2. The van der Waals surface area contributed by atoms with E-state index in [1.54, 1.807) is 12.3 Å². The highest BCUT2D eigenvalue weighted by Crippen LogP contribution is 2.35. The average molecular weight is 347 g/mol. The van der Waals surface area contributed by atoms with Gasteiger partial charge in [-0.2, -0.15) is 0 Å². The third-order valence-electron chi connectivity index (χ3n) is 4.51. The number of benzene rings is 1. The Hall–Kier alpha value is -3.29. The SMILES string of the molecule is Cc1ccc(-c2[nH]c(-c3ccnc4[nH]ccc34)cc2C(N)O)cc1N=O. The summed E-state index contributed by atoms with van der Waals surface area (Å²) < 4.78 is 0. The van der Waals surface area contributed by atoms with Crippen LogP contribution in [0.1, 0.15) is 17.4 Å². The Kier molecular flexibility index (Phi) is 3.87. The second kappa shape index (κ2) is 6.21. The topological polar surface area (TPSA) is 120 Å². The maximum Gasteiger partial charge on any atom is 0.137 e. The van der Waals surface area contributed by atoms with Gasteiger partial charge in [-0.3, -0.25) is 0 Å². The van der Waals surface area contributed by atoms with Gasteiger partial charge in [0.1, 0.15) is 17.6 Å². The molecule has 3 heterocycles. The lowest BCUT2D eigenvalue weighted by molar-refractivity contribution is 0.187. The summed E-state index contributed by atoms with van der Waals surface area (Å²) in [6, 6.07) is 11.0. The molecule has 7 nitrogen and oxygen atoms in total. The highest BCUT2D eigenvalue weighted by atomic mass is 16.3. The molecule has 0 spiro atoms. The van der Waals surface area contributed by atoms with Gasteiger partial charge in [-0.25, -0.2) is 4.98 Å². The number of hydrogen-bond donors (Lipinski definition) is 4. The van der Waals surface area contributed by atoms with Crippen molar-refractivity contribution in [3.63, 3.8) is 0 Å². The molecule has 0 radical (unpaired) electrons. The third-order valence-corrected chi connectivity index (χ3v) is 4.51. The van der Waals surface area contributed by atoms with E-state index >= 15 is 0 Å². The molecule has 3 aromatic heterocycles. The zero-order chi connectivity index (χ0) is 18.3. The first kappa shape index (κ1) is 16.2. The maximum absolute atomic E-state index is 11.0. The van der Waals surface area contributed by atoms with Crippen LogP contribution in [0.4, 0.5) is 5.69 Å². The lowest BCUT2D eigenvalue weighted by Gasteiger charge is -2.08. The molecule has 0 saturated carbocycles. The Morgan fingerprint density at radius 2 is 2.08 bits per heavy atom. The fraction of sp³-hybridized carbons (Fsp3) is 0.105. The number of aromatic amines is 2. The minimum Gasteiger partial charge on any atom is -0.374 e. The third kappa shape index (κ3) is 2.59. The zero-order valence-corrected chi connectivity index (χ0v) is 14.0. The Bertz CT molecular complexity index is 1110. The van der Waals surface area contributed by atoms with Gasteiger partial charge in [-0.1, -0.05) is 12.1 Å². The molecule has 4 rings (SSSR count). The number of rotatable bonds is 4. The van der Waals surface area contributed by atoms with Crippen molar-refractivity contribution in [2.24, 2.45) is 10.9 Å². The molecule has 1 aromatic carbocycles. The lowest BCUT2D eigenvalue weighted by atomic mass is 10.0. The van der Waals surface area contributed by atoms with E-state index in [1.165, 1.54) is 0 Å². The van der Waals surface area contributed by atoms with Crippen molar-refractivity contribution in [2.75, 3.05) is 0 Å². The minimum atomic E-state index is -1.16. The van der Waals surface area contributed by atoms with Crippen LogP contribution in [0.3, 0.4) is 0 Å². The van der Waals surface area contributed by atoms with Crippen LogP contribution >= 0.6 is 0 Å². The van der Waals surface area contributed by atoms with Crippen LogP contribution in [0, 0.1) is 11.8 Å². The number of aryl methyl sites for hydroxylation is 1. The molecule has 4 aromatic rings. The van der Waals surface area contributed by atoms with E-state index < -0.39 is 6.23 Å². The molecule has 0 saturated heterocycles. The lowest BCUT2D eigenvalue weighted by Crippen LogP contribution is -2.08. The summed E-state index contributed by atoms with van der Waals surface area (Å²) in [4.78, 5) is 21.7. The van der Waals surface area contributed by atoms with E-state index in [2.05, 4.69) is 20.1 Å². The molecule has 0 amide bonds. The van der Waals surface area contributed by atoms with Crippen LogP contribution in [0.15, 0.2) is 54.0 Å². The summed E-state index contributed by atoms with van der Waals surface area (Å²) in [6.45, 7) is 1.82. The van der Waals surface area contributed by atoms with E-state index in [9.17, 15) is 10.0 Å². The Morgan fingerprint density at radius 1 is 1.23 bits per heavy atom. The molecule has 1 atom stereocenters. The smallest absolute Gasteiger partial charge is 0.137 e. The van der Waals surface area contributed by atoms with Crippen molar-refractivity contribution in [1.29, 1.82) is 0 Å². The summed E-state index contributed by atoms with van der Waals surface area (Å²) in [5.74, 6) is 0. The monoisotopic (exact) mass is 347 g/mol. The first-order valence-corrected chi connectivity index (χ1v) is 8.12. The van der Waals surface area contributed by atoms with Gasteiger partial charge in [0.2, 0.25) is 0 Å². The van der Waals surface area contributed by atoms with Gasteiger partial charge in [-0.05, 0) is 41.9 Å². The number of aliphatic hydroxyl groups excluding tert-OH is 1. The van der Waals surface area contributed by atoms with Crippen LogP contribution in [-0.2, 0) is 0 Å². The Balaban J connectivity index is 1.91. The second-order valence-corrected chi connectivity index (χ2v) is 6.15. The van der Waals surface area contributed by atoms with Gasteiger partial charge in [0.15, 0.2) is 0 Å². The van der Waals surface area contributed by atoms with E-state index in [-0.39, 0.29) is 0 Å². The summed E-state index contributed by atoms with van der Waals surface area (Å²) in [5, 5.41) is 14.1. The van der Waals surface area contributed by atoms with Gasteiger partial charge >= 0.3 is 0 Å². The summed E-state index contributed by atoms with van der Waals surface area (Å²) in [7, 11) is 0. The maximum atomic E-state index is 11.0. The number of pyridine rings is 1. The molecule has 5 N–H and O–H groups in total. The van der Waals surface area contributed by atoms with Crippen molar-refractivity contribution in [3.05, 3.63) is 64.8 Å². The number of hydrogen-bond acceptors (Lipinski definition) is 5. The molecule has 1 unspecified atom stereocenters. The number of nitrogens with zero attached hydrogens (tertiary/aromatic N) is 2. The van der Waals surface area contributed by atoms with Crippen LogP contribution in [0.2, 0.25) is 0 Å². The number of nitrogens with one attached hydrogen (secondary N) is 2. The molecule has 0 aliphatic rings. The number of aromatic nitrogens is 3. The van der Waals surface area contributed by atoms with Crippen molar-refractivity contribution in [2.45, 2.75) is 13.2 Å². The normalized spacial score (nSPS) is 12.4. The second-order valence-electron chi connectivity index (χ2n) is 6.15. The van der Waals surface area contributed by atoms with Crippen molar-refractivity contribution in [3.8, 4) is 22.5 Å². The number of fused-ring (bicyclic) bond motifs is 1. The highest BCUT2D eigenvalue weighted by molar-refractivity contribution is 5.92. The van der Waals surface area contributed by atoms with Gasteiger partial charge in [-0.15, -0.1) is 4.91 Å². The van der Waals surface area contributed by atoms with Gasteiger partial charge in [0.25, 0.3) is 0 Å². The van der Waals surface area contributed by atoms with E-state index in [4.69, 9.17) is 5.73 Å². The van der Waals surface area contributed by atoms with Crippen molar-refractivity contribution >= 4 is 16.7 Å². The molecular weight excluding hydrogens is 330 g/mol. The number of nitrogens with two attached hydrogens (primary N) is 1. The van der Waals surface area contributed by atoms with E-state index in [1.807, 2.05) is 43.5 Å². The fourth-order valence-electron chi connectivity index (χ4n) is 3.15.